The van der Waals surface area contributed by atoms with Gasteiger partial charge in [-0.05, 0) is 52.2 Å². The Morgan fingerprint density at radius 1 is 1.36 bits per heavy atom. The van der Waals surface area contributed by atoms with E-state index in [-0.39, 0.29) is 17.5 Å². The van der Waals surface area contributed by atoms with Gasteiger partial charge in [-0.3, -0.25) is 4.79 Å². The molecule has 2 fully saturated rings. The molecule has 1 atom stereocenters. The Morgan fingerprint density at radius 3 is 2.41 bits per heavy atom. The molecule has 0 aromatic rings. The van der Waals surface area contributed by atoms with Gasteiger partial charge in [0.1, 0.15) is 5.60 Å². The second-order valence-corrected chi connectivity index (χ2v) is 8.09. The van der Waals surface area contributed by atoms with Crippen molar-refractivity contribution in [2.75, 3.05) is 25.4 Å². The molecule has 0 radical (unpaired) electrons. The van der Waals surface area contributed by atoms with Crippen molar-refractivity contribution in [1.82, 2.24) is 9.80 Å². The van der Waals surface area contributed by atoms with Crippen LogP contribution in [0.5, 0.6) is 0 Å². The molecule has 6 heteroatoms. The van der Waals surface area contributed by atoms with Crippen LogP contribution in [-0.4, -0.2) is 58.3 Å². The molecule has 0 spiro atoms. The SMILES string of the molecule is CC(C)(C)OC(=O)N1CCC(C)(N2CC(CS)CC2=O)CC1. The largest absolute Gasteiger partial charge is 0.444 e. The zero-order chi connectivity index (χ0) is 16.5. The number of hydrogen-bond donors (Lipinski definition) is 1. The quantitative estimate of drug-likeness (QED) is 0.793. The Morgan fingerprint density at radius 2 is 1.95 bits per heavy atom. The fourth-order valence-electron chi connectivity index (χ4n) is 3.19. The Balaban J connectivity index is 1.93. The van der Waals surface area contributed by atoms with Crippen LogP contribution in [0.15, 0.2) is 0 Å². The zero-order valence-electron chi connectivity index (χ0n) is 14.1. The average molecular weight is 328 g/mol. The lowest BCUT2D eigenvalue weighted by Crippen LogP contribution is -2.55. The number of hydrogen-bond acceptors (Lipinski definition) is 4. The summed E-state index contributed by atoms with van der Waals surface area (Å²) in [6.07, 6.45) is 1.96. The van der Waals surface area contributed by atoms with Crippen molar-refractivity contribution in [3.05, 3.63) is 0 Å². The third-order valence-electron chi connectivity index (χ3n) is 4.61. The summed E-state index contributed by atoms with van der Waals surface area (Å²) in [5, 5.41) is 0. The molecule has 0 N–H and O–H groups in total. The number of nitrogens with zero attached hydrogens (tertiary/aromatic N) is 2. The maximum atomic E-state index is 12.2. The summed E-state index contributed by atoms with van der Waals surface area (Å²) >= 11 is 4.32. The smallest absolute Gasteiger partial charge is 0.410 e. The normalized spacial score (nSPS) is 25.5. The number of rotatable bonds is 2. The van der Waals surface area contributed by atoms with Gasteiger partial charge < -0.3 is 14.5 Å². The van der Waals surface area contributed by atoms with Crippen LogP contribution in [0.1, 0.15) is 47.0 Å². The van der Waals surface area contributed by atoms with Gasteiger partial charge in [0, 0.05) is 31.6 Å². The van der Waals surface area contributed by atoms with Gasteiger partial charge in [0.25, 0.3) is 0 Å². The minimum atomic E-state index is -0.470. The van der Waals surface area contributed by atoms with Crippen molar-refractivity contribution in [2.45, 2.75) is 58.1 Å². The van der Waals surface area contributed by atoms with E-state index in [9.17, 15) is 9.59 Å². The van der Waals surface area contributed by atoms with Gasteiger partial charge in [-0.2, -0.15) is 12.6 Å². The molecular weight excluding hydrogens is 300 g/mol. The second kappa shape index (κ2) is 6.30. The fraction of sp³-hybridized carbons (Fsp3) is 0.875. The van der Waals surface area contributed by atoms with E-state index in [2.05, 4.69) is 19.6 Å². The molecule has 2 aliphatic rings. The first-order valence-electron chi connectivity index (χ1n) is 8.04. The van der Waals surface area contributed by atoms with E-state index in [0.29, 0.717) is 25.4 Å². The van der Waals surface area contributed by atoms with Gasteiger partial charge >= 0.3 is 6.09 Å². The van der Waals surface area contributed by atoms with Gasteiger partial charge in [-0.1, -0.05) is 0 Å². The van der Waals surface area contributed by atoms with Gasteiger partial charge in [0.05, 0.1) is 0 Å². The highest BCUT2D eigenvalue weighted by Gasteiger charge is 2.43. The molecule has 0 saturated carbocycles. The molecule has 0 bridgehead atoms. The number of carbonyl (C=O) groups excluding carboxylic acids is 2. The lowest BCUT2D eigenvalue weighted by Gasteiger charge is -2.45. The van der Waals surface area contributed by atoms with Crippen molar-refractivity contribution < 1.29 is 14.3 Å². The molecule has 5 nitrogen and oxygen atoms in total. The van der Waals surface area contributed by atoms with Crippen LogP contribution >= 0.6 is 12.6 Å². The van der Waals surface area contributed by atoms with E-state index in [1.165, 1.54) is 0 Å². The highest BCUT2D eigenvalue weighted by atomic mass is 32.1. The topological polar surface area (TPSA) is 49.9 Å². The summed E-state index contributed by atoms with van der Waals surface area (Å²) < 4.78 is 5.42. The van der Waals surface area contributed by atoms with Crippen molar-refractivity contribution in [1.29, 1.82) is 0 Å². The van der Waals surface area contributed by atoms with E-state index in [1.807, 2.05) is 25.7 Å². The maximum Gasteiger partial charge on any atom is 0.410 e. The molecule has 2 heterocycles. The number of amides is 2. The number of likely N-dealkylation sites (tertiary alicyclic amines) is 2. The van der Waals surface area contributed by atoms with Crippen LogP contribution in [0, 0.1) is 5.92 Å². The van der Waals surface area contributed by atoms with Crippen LogP contribution < -0.4 is 0 Å². The minimum absolute atomic E-state index is 0.146. The summed E-state index contributed by atoms with van der Waals surface area (Å²) in [6.45, 7) is 9.84. The van der Waals surface area contributed by atoms with Crippen molar-refractivity contribution in [3.63, 3.8) is 0 Å². The highest BCUT2D eigenvalue weighted by molar-refractivity contribution is 7.80. The molecular formula is C16H28N2O3S. The monoisotopic (exact) mass is 328 g/mol. The summed E-state index contributed by atoms with van der Waals surface area (Å²) in [6, 6.07) is 0. The van der Waals surface area contributed by atoms with Crippen molar-refractivity contribution >= 4 is 24.6 Å². The van der Waals surface area contributed by atoms with E-state index in [0.717, 1.165) is 25.1 Å². The molecule has 126 valence electrons. The molecule has 0 aliphatic carbocycles. The van der Waals surface area contributed by atoms with Crippen LogP contribution in [0.4, 0.5) is 4.79 Å². The molecule has 2 aliphatic heterocycles. The second-order valence-electron chi connectivity index (χ2n) is 7.72. The van der Waals surface area contributed by atoms with E-state index >= 15 is 0 Å². The highest BCUT2D eigenvalue weighted by Crippen LogP contribution is 2.34. The molecule has 22 heavy (non-hydrogen) atoms. The first-order chi connectivity index (χ1) is 10.1. The van der Waals surface area contributed by atoms with Crippen LogP contribution in [-0.2, 0) is 9.53 Å². The zero-order valence-corrected chi connectivity index (χ0v) is 15.0. The molecule has 1 unspecified atom stereocenters. The third-order valence-corrected chi connectivity index (χ3v) is 5.12. The minimum Gasteiger partial charge on any atom is -0.444 e. The molecule has 2 saturated heterocycles. The number of thiol groups is 1. The lowest BCUT2D eigenvalue weighted by atomic mass is 9.88. The first-order valence-corrected chi connectivity index (χ1v) is 8.67. The van der Waals surface area contributed by atoms with Gasteiger partial charge in [0.15, 0.2) is 0 Å². The molecule has 0 aromatic heterocycles. The van der Waals surface area contributed by atoms with E-state index in [1.54, 1.807) is 4.90 Å². The summed E-state index contributed by atoms with van der Waals surface area (Å²) in [5.74, 6) is 1.34. The molecule has 2 amide bonds. The number of ether oxygens (including phenoxy) is 1. The summed E-state index contributed by atoms with van der Waals surface area (Å²) in [5.41, 5.74) is -0.615. The predicted molar refractivity (Wildman–Crippen MR) is 89.1 cm³/mol. The maximum absolute atomic E-state index is 12.2. The van der Waals surface area contributed by atoms with Crippen molar-refractivity contribution in [3.8, 4) is 0 Å². The molecule has 0 aromatic carbocycles. The van der Waals surface area contributed by atoms with Gasteiger partial charge in [-0.25, -0.2) is 4.79 Å². The van der Waals surface area contributed by atoms with Gasteiger partial charge in [-0.15, -0.1) is 0 Å². The summed E-state index contributed by atoms with van der Waals surface area (Å²) in [7, 11) is 0. The Hall–Kier alpha value is -0.910. The van der Waals surface area contributed by atoms with E-state index in [4.69, 9.17) is 4.74 Å². The van der Waals surface area contributed by atoms with Crippen LogP contribution in [0.25, 0.3) is 0 Å². The fourth-order valence-corrected chi connectivity index (χ4v) is 3.44. The lowest BCUT2D eigenvalue weighted by molar-refractivity contribution is -0.134. The average Bonchev–Trinajstić information content (AvgIpc) is 2.79. The van der Waals surface area contributed by atoms with Crippen LogP contribution in [0.2, 0.25) is 0 Å². The number of carbonyl (C=O) groups is 2. The van der Waals surface area contributed by atoms with Gasteiger partial charge in [0.2, 0.25) is 5.91 Å². The number of piperidine rings is 1. The Labute approximate surface area is 138 Å². The standard InChI is InChI=1S/C16H28N2O3S/c1-15(2,3)21-14(20)17-7-5-16(4,6-8-17)18-10-12(11-22)9-13(18)19/h12,22H,5-11H2,1-4H3. The Kier molecular flexibility index (Phi) is 5.00. The molecule has 2 rings (SSSR count). The first kappa shape index (κ1) is 17.4. The Bertz CT molecular complexity index is 439. The van der Waals surface area contributed by atoms with Crippen molar-refractivity contribution in [2.24, 2.45) is 5.92 Å². The van der Waals surface area contributed by atoms with E-state index < -0.39 is 5.60 Å². The predicted octanol–water partition coefficient (Wildman–Crippen LogP) is 2.55. The summed E-state index contributed by atoms with van der Waals surface area (Å²) in [4.78, 5) is 28.1. The third kappa shape index (κ3) is 3.89. The van der Waals surface area contributed by atoms with Crippen LogP contribution in [0.3, 0.4) is 0 Å².